The van der Waals surface area contributed by atoms with Crippen LogP contribution in [0.15, 0.2) is 22.7 Å². The summed E-state index contributed by atoms with van der Waals surface area (Å²) < 4.78 is 20.4. The zero-order valence-electron chi connectivity index (χ0n) is 18.0. The van der Waals surface area contributed by atoms with Crippen LogP contribution < -0.4 is 11.1 Å². The van der Waals surface area contributed by atoms with E-state index in [-0.39, 0.29) is 12.0 Å². The first-order valence-electron chi connectivity index (χ1n) is 10.5. The first-order valence-corrected chi connectivity index (χ1v) is 11.3. The molecule has 3 aliphatic rings. The van der Waals surface area contributed by atoms with Crippen LogP contribution in [0.3, 0.4) is 0 Å². The quantitative estimate of drug-likeness (QED) is 0.651. The van der Waals surface area contributed by atoms with Crippen molar-refractivity contribution >= 4 is 33.8 Å². The van der Waals surface area contributed by atoms with E-state index in [2.05, 4.69) is 21.2 Å². The van der Waals surface area contributed by atoms with Gasteiger partial charge in [0.25, 0.3) is 0 Å². The summed E-state index contributed by atoms with van der Waals surface area (Å²) in [5.41, 5.74) is 4.00. The number of nitrogens with two attached hydrogens (primary N) is 1. The summed E-state index contributed by atoms with van der Waals surface area (Å²) in [6, 6.07) is 3.39. The molecule has 1 aliphatic carbocycles. The highest BCUT2D eigenvalue weighted by atomic mass is 79.9. The van der Waals surface area contributed by atoms with Crippen molar-refractivity contribution in [2.24, 2.45) is 11.7 Å². The van der Waals surface area contributed by atoms with E-state index in [1.54, 1.807) is 32.9 Å². The van der Waals surface area contributed by atoms with Crippen molar-refractivity contribution < 1.29 is 23.5 Å². The highest BCUT2D eigenvalue weighted by molar-refractivity contribution is 9.10. The number of hydrogen-bond acceptors (Lipinski definition) is 4. The molecule has 2 saturated heterocycles. The van der Waals surface area contributed by atoms with Gasteiger partial charge >= 0.3 is 6.09 Å². The van der Waals surface area contributed by atoms with Gasteiger partial charge in [0.05, 0.1) is 0 Å². The Bertz CT molecular complexity index is 878. The Morgan fingerprint density at radius 3 is 2.52 bits per heavy atom. The van der Waals surface area contributed by atoms with Gasteiger partial charge in [-0.3, -0.25) is 14.5 Å². The van der Waals surface area contributed by atoms with Gasteiger partial charge in [-0.05, 0) is 70.1 Å². The zero-order chi connectivity index (χ0) is 23.0. The Hall–Kier alpha value is -2.16. The van der Waals surface area contributed by atoms with Crippen LogP contribution in [0.2, 0.25) is 0 Å². The molecule has 1 unspecified atom stereocenters. The molecule has 0 aromatic heterocycles. The van der Waals surface area contributed by atoms with Gasteiger partial charge in [-0.15, -0.1) is 0 Å². The topological polar surface area (TPSA) is 102 Å². The third kappa shape index (κ3) is 5.19. The normalized spacial score (nSPS) is 23.9. The standard InChI is InChI=1S/C22H29BrFN3O4/c1-21(2,3)31-20(30)27-12-13-6-8-22(27,9-7-13)19(29)26-17(18(25)28)10-14-4-5-15(23)11-16(14)24/h4-5,11,13,17H,6-10,12H2,1-3H3,(H2,25,28)(H,26,29). The van der Waals surface area contributed by atoms with E-state index in [0.717, 1.165) is 12.8 Å². The van der Waals surface area contributed by atoms with Crippen LogP contribution in [0.1, 0.15) is 52.0 Å². The van der Waals surface area contributed by atoms with E-state index in [0.29, 0.717) is 29.8 Å². The number of piperidine rings is 2. The van der Waals surface area contributed by atoms with Crippen molar-refractivity contribution in [2.75, 3.05) is 6.54 Å². The predicted molar refractivity (Wildman–Crippen MR) is 117 cm³/mol. The van der Waals surface area contributed by atoms with Gasteiger partial charge in [-0.2, -0.15) is 0 Å². The van der Waals surface area contributed by atoms with E-state index in [9.17, 15) is 18.8 Å². The molecule has 0 radical (unpaired) electrons. The molecule has 3 fully saturated rings. The zero-order valence-corrected chi connectivity index (χ0v) is 19.6. The molecule has 31 heavy (non-hydrogen) atoms. The van der Waals surface area contributed by atoms with Crippen molar-refractivity contribution in [3.63, 3.8) is 0 Å². The Labute approximate surface area is 190 Å². The monoisotopic (exact) mass is 497 g/mol. The van der Waals surface area contributed by atoms with Gasteiger partial charge in [0, 0.05) is 17.4 Å². The second kappa shape index (κ2) is 8.76. The molecule has 2 bridgehead atoms. The molecule has 0 spiro atoms. The summed E-state index contributed by atoms with van der Waals surface area (Å²) in [5, 5.41) is 2.70. The molecule has 3 N–H and O–H groups in total. The number of rotatable bonds is 5. The predicted octanol–water partition coefficient (Wildman–Crippen LogP) is 3.28. The Kier molecular flexibility index (Phi) is 6.64. The fourth-order valence-corrected chi connectivity index (χ4v) is 4.71. The summed E-state index contributed by atoms with van der Waals surface area (Å²) in [4.78, 5) is 39.9. The largest absolute Gasteiger partial charge is 0.444 e. The lowest BCUT2D eigenvalue weighted by Gasteiger charge is -2.53. The summed E-state index contributed by atoms with van der Waals surface area (Å²) in [6.45, 7) is 5.76. The molecular formula is C22H29BrFN3O4. The van der Waals surface area contributed by atoms with Crippen molar-refractivity contribution in [1.82, 2.24) is 10.2 Å². The van der Waals surface area contributed by atoms with Crippen molar-refractivity contribution in [2.45, 2.75) is 70.1 Å². The van der Waals surface area contributed by atoms with Crippen LogP contribution in [0, 0.1) is 11.7 Å². The summed E-state index contributed by atoms with van der Waals surface area (Å²) in [5.74, 6) is -1.38. The van der Waals surface area contributed by atoms with Crippen LogP contribution in [0.4, 0.5) is 9.18 Å². The lowest BCUT2D eigenvalue weighted by molar-refractivity contribution is -0.144. The molecule has 1 saturated carbocycles. The van der Waals surface area contributed by atoms with Gasteiger partial charge in [0.1, 0.15) is 23.0 Å². The molecule has 2 heterocycles. The number of ether oxygens (including phenoxy) is 1. The van der Waals surface area contributed by atoms with Crippen molar-refractivity contribution in [3.05, 3.63) is 34.1 Å². The number of amides is 3. The maximum atomic E-state index is 14.3. The fourth-order valence-electron chi connectivity index (χ4n) is 4.38. The highest BCUT2D eigenvalue weighted by Gasteiger charge is 2.54. The lowest BCUT2D eigenvalue weighted by Crippen LogP contribution is -2.68. The second-order valence-electron chi connectivity index (χ2n) is 9.43. The molecule has 7 nitrogen and oxygen atoms in total. The SMILES string of the molecule is CC(C)(C)OC(=O)N1CC2CCC1(C(=O)NC(Cc1ccc(Br)cc1F)C(N)=O)CC2. The number of benzene rings is 1. The van der Waals surface area contributed by atoms with Crippen molar-refractivity contribution in [1.29, 1.82) is 0 Å². The molecule has 170 valence electrons. The van der Waals surface area contributed by atoms with E-state index >= 15 is 0 Å². The number of primary amides is 1. The summed E-state index contributed by atoms with van der Waals surface area (Å²) >= 11 is 3.19. The maximum absolute atomic E-state index is 14.3. The summed E-state index contributed by atoms with van der Waals surface area (Å²) in [6.07, 6.45) is 1.99. The van der Waals surface area contributed by atoms with Gasteiger partial charge in [-0.25, -0.2) is 9.18 Å². The third-order valence-electron chi connectivity index (χ3n) is 6.01. The van der Waals surface area contributed by atoms with Gasteiger partial charge in [0.15, 0.2) is 0 Å². The molecule has 3 amide bonds. The summed E-state index contributed by atoms with van der Waals surface area (Å²) in [7, 11) is 0. The number of nitrogens with one attached hydrogen (secondary N) is 1. The van der Waals surface area contributed by atoms with E-state index < -0.39 is 40.9 Å². The van der Waals surface area contributed by atoms with Crippen LogP contribution in [-0.4, -0.2) is 46.5 Å². The highest BCUT2D eigenvalue weighted by Crippen LogP contribution is 2.44. The smallest absolute Gasteiger partial charge is 0.411 e. The number of carbonyl (C=O) groups excluding carboxylic acids is 3. The molecule has 4 rings (SSSR count). The number of fused-ring (bicyclic) bond motifs is 3. The van der Waals surface area contributed by atoms with E-state index in [1.165, 1.54) is 11.0 Å². The molecule has 2 aliphatic heterocycles. The Balaban J connectivity index is 1.81. The lowest BCUT2D eigenvalue weighted by atomic mass is 9.70. The number of halogens is 2. The average molecular weight is 498 g/mol. The minimum absolute atomic E-state index is 0.0780. The molecule has 1 aromatic rings. The first kappa shape index (κ1) is 23.5. The fraction of sp³-hybridized carbons (Fsp3) is 0.591. The minimum Gasteiger partial charge on any atom is -0.444 e. The minimum atomic E-state index is -1.10. The second-order valence-corrected chi connectivity index (χ2v) is 10.3. The first-order chi connectivity index (χ1) is 14.4. The average Bonchev–Trinajstić information content (AvgIpc) is 2.68. The van der Waals surface area contributed by atoms with Gasteiger partial charge in [0.2, 0.25) is 11.8 Å². The number of nitrogens with zero attached hydrogens (tertiary/aromatic N) is 1. The van der Waals surface area contributed by atoms with Gasteiger partial charge in [-0.1, -0.05) is 22.0 Å². The molecule has 1 aromatic carbocycles. The van der Waals surface area contributed by atoms with E-state index in [1.807, 2.05) is 0 Å². The van der Waals surface area contributed by atoms with Crippen LogP contribution in [0.25, 0.3) is 0 Å². The number of carbonyl (C=O) groups is 3. The third-order valence-corrected chi connectivity index (χ3v) is 6.51. The Morgan fingerprint density at radius 1 is 1.32 bits per heavy atom. The van der Waals surface area contributed by atoms with Crippen LogP contribution in [-0.2, 0) is 20.7 Å². The molecule has 1 atom stereocenters. The van der Waals surface area contributed by atoms with Crippen LogP contribution in [0.5, 0.6) is 0 Å². The molecular weight excluding hydrogens is 469 g/mol. The molecule has 9 heteroatoms. The van der Waals surface area contributed by atoms with Crippen molar-refractivity contribution in [3.8, 4) is 0 Å². The number of hydrogen-bond donors (Lipinski definition) is 2. The van der Waals surface area contributed by atoms with Crippen LogP contribution >= 0.6 is 15.9 Å². The maximum Gasteiger partial charge on any atom is 0.411 e. The van der Waals surface area contributed by atoms with E-state index in [4.69, 9.17) is 10.5 Å². The Morgan fingerprint density at radius 2 is 1.97 bits per heavy atom. The van der Waals surface area contributed by atoms with Gasteiger partial charge < -0.3 is 15.8 Å².